The van der Waals surface area contributed by atoms with Crippen LogP contribution in [0.25, 0.3) is 0 Å². The second-order valence-corrected chi connectivity index (χ2v) is 7.09. The van der Waals surface area contributed by atoms with Crippen LogP contribution in [-0.2, 0) is 10.0 Å². The van der Waals surface area contributed by atoms with Crippen LogP contribution in [0.1, 0.15) is 6.42 Å². The predicted octanol–water partition coefficient (Wildman–Crippen LogP) is 2.60. The lowest BCUT2D eigenvalue weighted by Gasteiger charge is -2.12. The molecule has 1 aliphatic rings. The molecule has 0 aliphatic carbocycles. The first-order valence-corrected chi connectivity index (χ1v) is 8.32. The summed E-state index contributed by atoms with van der Waals surface area (Å²) in [5.41, 5.74) is 0.278. The molecule has 0 saturated heterocycles. The summed E-state index contributed by atoms with van der Waals surface area (Å²) < 4.78 is 36.0. The van der Waals surface area contributed by atoms with E-state index >= 15 is 0 Å². The van der Waals surface area contributed by atoms with Gasteiger partial charge in [0.2, 0.25) is 10.0 Å². The molecule has 1 aromatic rings. The molecule has 0 saturated carbocycles. The zero-order chi connectivity index (χ0) is 13.2. The number of nitrogens with one attached hydrogen (secondary N) is 1. The molecule has 1 heterocycles. The number of fused-ring (bicyclic) bond motifs is 1. The first kappa shape index (κ1) is 13.8. The third kappa shape index (κ3) is 3.21. The van der Waals surface area contributed by atoms with Crippen LogP contribution in [-0.4, -0.2) is 26.3 Å². The van der Waals surface area contributed by atoms with Crippen molar-refractivity contribution in [1.82, 2.24) is 0 Å². The minimum absolute atomic E-state index is 0.204. The molecule has 1 N–H and O–H groups in total. The zero-order valence-corrected chi connectivity index (χ0v) is 12.4. The molecule has 0 radical (unpaired) electrons. The summed E-state index contributed by atoms with van der Waals surface area (Å²) in [6, 6.07) is 3.08. The summed E-state index contributed by atoms with van der Waals surface area (Å²) in [6.45, 7) is 1.08. The van der Waals surface area contributed by atoms with Crippen molar-refractivity contribution in [2.45, 2.75) is 6.42 Å². The SMILES string of the molecule is O=S(=O)(CBr)Nc1cc2c(cc1Cl)OCCCO2. The Balaban J connectivity index is 2.35. The number of hydrogen-bond acceptors (Lipinski definition) is 4. The molecule has 0 unspecified atom stereocenters. The van der Waals surface area contributed by atoms with Gasteiger partial charge in [0.15, 0.2) is 11.5 Å². The van der Waals surface area contributed by atoms with Crippen LogP contribution in [0.2, 0.25) is 5.02 Å². The van der Waals surface area contributed by atoms with Crippen molar-refractivity contribution in [1.29, 1.82) is 0 Å². The second kappa shape index (κ2) is 5.54. The normalized spacial score (nSPS) is 15.0. The summed E-state index contributed by atoms with van der Waals surface area (Å²) in [6.07, 6.45) is 0.773. The van der Waals surface area contributed by atoms with E-state index in [1.807, 2.05) is 0 Å². The van der Waals surface area contributed by atoms with E-state index in [2.05, 4.69) is 20.7 Å². The van der Waals surface area contributed by atoms with Gasteiger partial charge in [-0.1, -0.05) is 27.5 Å². The first-order valence-electron chi connectivity index (χ1n) is 5.17. The van der Waals surface area contributed by atoms with Crippen molar-refractivity contribution in [3.05, 3.63) is 17.2 Å². The van der Waals surface area contributed by atoms with Crippen LogP contribution < -0.4 is 14.2 Å². The summed E-state index contributed by atoms with van der Waals surface area (Å²) in [5, 5.41) is 0.267. The highest BCUT2D eigenvalue weighted by Gasteiger charge is 2.17. The second-order valence-electron chi connectivity index (χ2n) is 3.66. The maximum atomic E-state index is 11.5. The molecule has 1 aromatic carbocycles. The van der Waals surface area contributed by atoms with Gasteiger partial charge in [0.25, 0.3) is 0 Å². The van der Waals surface area contributed by atoms with E-state index < -0.39 is 10.0 Å². The van der Waals surface area contributed by atoms with Gasteiger partial charge in [0.1, 0.15) is 4.66 Å². The van der Waals surface area contributed by atoms with E-state index in [0.29, 0.717) is 24.7 Å². The topological polar surface area (TPSA) is 64.6 Å². The minimum atomic E-state index is -3.44. The number of benzene rings is 1. The van der Waals surface area contributed by atoms with Crippen LogP contribution in [0, 0.1) is 0 Å². The smallest absolute Gasteiger partial charge is 0.242 e. The van der Waals surface area contributed by atoms with Crippen molar-refractivity contribution in [3.63, 3.8) is 0 Å². The fourth-order valence-electron chi connectivity index (χ4n) is 1.46. The van der Waals surface area contributed by atoms with E-state index in [1.165, 1.54) is 6.07 Å². The largest absolute Gasteiger partial charge is 0.490 e. The molecular weight excluding hydrogens is 346 g/mol. The summed E-state index contributed by atoms with van der Waals surface area (Å²) in [5.74, 6) is 1.02. The molecule has 5 nitrogen and oxygen atoms in total. The molecular formula is C10H11BrClNO4S. The van der Waals surface area contributed by atoms with Crippen LogP contribution >= 0.6 is 27.5 Å². The molecule has 18 heavy (non-hydrogen) atoms. The monoisotopic (exact) mass is 355 g/mol. The van der Waals surface area contributed by atoms with Crippen molar-refractivity contribution in [2.75, 3.05) is 22.6 Å². The Labute approximate surface area is 119 Å². The number of ether oxygens (including phenoxy) is 2. The summed E-state index contributed by atoms with van der Waals surface area (Å²) in [7, 11) is -3.44. The third-order valence-electron chi connectivity index (χ3n) is 2.25. The predicted molar refractivity (Wildman–Crippen MR) is 73.4 cm³/mol. The molecule has 0 aromatic heterocycles. The molecule has 8 heteroatoms. The molecule has 0 atom stereocenters. The number of sulfonamides is 1. The van der Waals surface area contributed by atoms with Gasteiger partial charge in [-0.05, 0) is 0 Å². The average molecular weight is 357 g/mol. The number of rotatable bonds is 3. The lowest BCUT2D eigenvalue weighted by atomic mass is 10.3. The molecule has 0 amide bonds. The molecule has 2 rings (SSSR count). The van der Waals surface area contributed by atoms with Gasteiger partial charge in [0.05, 0.1) is 23.9 Å². The zero-order valence-electron chi connectivity index (χ0n) is 9.28. The molecule has 0 bridgehead atoms. The Kier molecular flexibility index (Phi) is 4.24. The van der Waals surface area contributed by atoms with Gasteiger partial charge >= 0.3 is 0 Å². The summed E-state index contributed by atoms with van der Waals surface area (Å²) in [4.78, 5) is 0. The fraction of sp³-hybridized carbons (Fsp3) is 0.400. The van der Waals surface area contributed by atoms with Gasteiger partial charge in [0, 0.05) is 18.6 Å². The van der Waals surface area contributed by atoms with Crippen LogP contribution in [0.3, 0.4) is 0 Å². The highest BCUT2D eigenvalue weighted by Crippen LogP contribution is 2.38. The highest BCUT2D eigenvalue weighted by molar-refractivity contribution is 9.10. The lowest BCUT2D eigenvalue weighted by Crippen LogP contribution is -2.13. The van der Waals surface area contributed by atoms with Gasteiger partial charge in [-0.2, -0.15) is 0 Å². The van der Waals surface area contributed by atoms with E-state index in [1.54, 1.807) is 6.07 Å². The van der Waals surface area contributed by atoms with Crippen molar-refractivity contribution < 1.29 is 17.9 Å². The van der Waals surface area contributed by atoms with Crippen molar-refractivity contribution in [2.24, 2.45) is 0 Å². The maximum absolute atomic E-state index is 11.5. The Morgan fingerprint density at radius 3 is 2.50 bits per heavy atom. The van der Waals surface area contributed by atoms with Crippen LogP contribution in [0.5, 0.6) is 11.5 Å². The summed E-state index contributed by atoms with van der Waals surface area (Å²) >= 11 is 8.89. The number of halogens is 2. The van der Waals surface area contributed by atoms with Crippen molar-refractivity contribution in [3.8, 4) is 11.5 Å². The van der Waals surface area contributed by atoms with Crippen LogP contribution in [0.4, 0.5) is 5.69 Å². The Morgan fingerprint density at radius 1 is 1.28 bits per heavy atom. The molecule has 1 aliphatic heterocycles. The van der Waals surface area contributed by atoms with Gasteiger partial charge in [-0.3, -0.25) is 4.72 Å². The molecule has 0 spiro atoms. The van der Waals surface area contributed by atoms with E-state index in [4.69, 9.17) is 21.1 Å². The minimum Gasteiger partial charge on any atom is -0.490 e. The lowest BCUT2D eigenvalue weighted by molar-refractivity contribution is 0.297. The quantitative estimate of drug-likeness (QED) is 0.846. The van der Waals surface area contributed by atoms with Gasteiger partial charge < -0.3 is 9.47 Å². The maximum Gasteiger partial charge on any atom is 0.242 e. The number of hydrogen-bond donors (Lipinski definition) is 1. The van der Waals surface area contributed by atoms with Gasteiger partial charge in [-0.25, -0.2) is 8.42 Å². The Hall–Kier alpha value is -0.660. The fourth-order valence-corrected chi connectivity index (χ4v) is 2.62. The third-order valence-corrected chi connectivity index (χ3v) is 5.19. The van der Waals surface area contributed by atoms with Crippen molar-refractivity contribution >= 4 is 43.2 Å². The standard InChI is InChI=1S/C10H11BrClNO4S/c11-6-18(14,15)13-8-5-10-9(4-7(8)12)16-2-1-3-17-10/h4-5,13H,1-3,6H2. The van der Waals surface area contributed by atoms with E-state index in [0.717, 1.165) is 6.42 Å². The van der Waals surface area contributed by atoms with Gasteiger partial charge in [-0.15, -0.1) is 0 Å². The van der Waals surface area contributed by atoms with Crippen LogP contribution in [0.15, 0.2) is 12.1 Å². The average Bonchev–Trinajstić information content (AvgIpc) is 2.54. The van der Waals surface area contributed by atoms with E-state index in [-0.39, 0.29) is 15.4 Å². The number of anilines is 1. The first-order chi connectivity index (χ1) is 8.52. The Bertz CT molecular complexity index is 549. The van der Waals surface area contributed by atoms with E-state index in [9.17, 15) is 8.42 Å². The number of alkyl halides is 1. The molecule has 0 fully saturated rings. The Morgan fingerprint density at radius 2 is 1.89 bits per heavy atom. The highest BCUT2D eigenvalue weighted by atomic mass is 79.9. The molecule has 100 valence electrons.